The van der Waals surface area contributed by atoms with Crippen LogP contribution in [0, 0.1) is 6.92 Å². The van der Waals surface area contributed by atoms with E-state index in [1.54, 1.807) is 13.0 Å². The number of aromatic nitrogens is 1. The van der Waals surface area contributed by atoms with Crippen LogP contribution in [0.2, 0.25) is 0 Å². The normalized spacial score (nSPS) is 10.4. The average Bonchev–Trinajstić information content (AvgIpc) is 3.20. The molecule has 300 valence electrons. The summed E-state index contributed by atoms with van der Waals surface area (Å²) in [5.41, 5.74) is 0.297. The predicted molar refractivity (Wildman–Crippen MR) is 200 cm³/mol. The van der Waals surface area contributed by atoms with Crippen LogP contribution < -0.4 is 29.3 Å². The molecular weight excluding hydrogens is 750 g/mol. The maximum Gasteiger partial charge on any atom is 0.513 e. The van der Waals surface area contributed by atoms with Crippen molar-refractivity contribution < 1.29 is 71.0 Å². The largest absolute Gasteiger partial charge is 0.513 e. The molecule has 0 saturated heterocycles. The second kappa shape index (κ2) is 21.1. The third kappa shape index (κ3) is 12.4. The number of nitrogens with zero attached hydrogens (tertiary/aromatic N) is 1. The Hall–Kier alpha value is -7.17. The maximum absolute atomic E-state index is 13.2. The Bertz CT molecular complexity index is 2190. The molecule has 4 aromatic rings. The number of unbranched alkanes of at least 4 members (excludes halogenated alkanes) is 2. The highest BCUT2D eigenvalue weighted by molar-refractivity contribution is 5.93. The minimum atomic E-state index is -1.01. The monoisotopic (exact) mass is 789 g/mol. The van der Waals surface area contributed by atoms with Gasteiger partial charge in [-0.25, -0.2) is 33.8 Å². The van der Waals surface area contributed by atoms with Crippen molar-refractivity contribution in [1.82, 2.24) is 4.98 Å². The molecule has 0 aliphatic carbocycles. The Kier molecular flexibility index (Phi) is 15.7. The number of esters is 3. The molecule has 0 unspecified atom stereocenters. The van der Waals surface area contributed by atoms with E-state index in [2.05, 4.69) is 18.1 Å². The summed E-state index contributed by atoms with van der Waals surface area (Å²) in [5.74, 6) is -1.71. The van der Waals surface area contributed by atoms with Crippen LogP contribution in [0.3, 0.4) is 0 Å². The number of aryl methyl sites for hydroxylation is 1. The molecule has 0 radical (unpaired) electrons. The van der Waals surface area contributed by atoms with E-state index in [-0.39, 0.29) is 77.5 Å². The minimum absolute atomic E-state index is 0.0110. The number of benzene rings is 3. The fraction of sp³-hybridized carbons (Fsp3) is 0.275. The van der Waals surface area contributed by atoms with Crippen LogP contribution in [-0.2, 0) is 28.5 Å². The highest BCUT2D eigenvalue weighted by atomic mass is 16.7. The lowest BCUT2D eigenvalue weighted by Gasteiger charge is -2.12. The van der Waals surface area contributed by atoms with Crippen molar-refractivity contribution in [2.24, 2.45) is 0 Å². The Morgan fingerprint density at radius 3 is 1.72 bits per heavy atom. The fourth-order valence-electron chi connectivity index (χ4n) is 4.78. The number of carbonyl (C=O) groups excluding carboxylic acids is 5. The average molecular weight is 790 g/mol. The summed E-state index contributed by atoms with van der Waals surface area (Å²) in [4.78, 5) is 77.3. The summed E-state index contributed by atoms with van der Waals surface area (Å²) >= 11 is 0. The first kappa shape index (κ1) is 42.6. The summed E-state index contributed by atoms with van der Waals surface area (Å²) in [5, 5.41) is 0.0262. The van der Waals surface area contributed by atoms with Gasteiger partial charge in [0.2, 0.25) is 5.89 Å². The van der Waals surface area contributed by atoms with E-state index in [9.17, 15) is 28.8 Å². The second-order valence-electron chi connectivity index (χ2n) is 11.6. The molecule has 0 atom stereocenters. The molecule has 0 spiro atoms. The van der Waals surface area contributed by atoms with E-state index in [1.165, 1.54) is 56.7 Å². The van der Waals surface area contributed by atoms with Gasteiger partial charge in [0.05, 0.1) is 57.1 Å². The molecule has 57 heavy (non-hydrogen) atoms. The zero-order chi connectivity index (χ0) is 41.3. The molecule has 1 heterocycles. The van der Waals surface area contributed by atoms with Gasteiger partial charge in [-0.15, -0.1) is 0 Å². The van der Waals surface area contributed by atoms with Crippen LogP contribution in [0.15, 0.2) is 83.1 Å². The molecule has 0 fully saturated rings. The van der Waals surface area contributed by atoms with Crippen molar-refractivity contribution in [3.05, 3.63) is 95.4 Å². The number of hydrogen-bond donors (Lipinski definition) is 0. The molecule has 17 nitrogen and oxygen atoms in total. The number of ether oxygens (including phenoxy) is 9. The zero-order valence-electron chi connectivity index (χ0n) is 31.3. The predicted octanol–water partition coefficient (Wildman–Crippen LogP) is 6.45. The lowest BCUT2D eigenvalue weighted by atomic mass is 10.1. The van der Waals surface area contributed by atoms with Gasteiger partial charge in [-0.2, -0.15) is 0 Å². The Labute approximate surface area is 325 Å². The van der Waals surface area contributed by atoms with Crippen LogP contribution in [0.25, 0.3) is 22.4 Å². The molecule has 1 aromatic heterocycles. The Morgan fingerprint density at radius 2 is 1.18 bits per heavy atom. The lowest BCUT2D eigenvalue weighted by molar-refractivity contribution is -0.138. The van der Waals surface area contributed by atoms with Crippen molar-refractivity contribution >= 4 is 41.1 Å². The van der Waals surface area contributed by atoms with Gasteiger partial charge in [0.1, 0.15) is 5.75 Å². The molecule has 3 aromatic carbocycles. The number of fused-ring (bicyclic) bond motifs is 1. The molecule has 0 bridgehead atoms. The first-order chi connectivity index (χ1) is 27.5. The van der Waals surface area contributed by atoms with E-state index < -0.39 is 35.8 Å². The highest BCUT2D eigenvalue weighted by Crippen LogP contribution is 2.34. The first-order valence-electron chi connectivity index (χ1n) is 17.3. The van der Waals surface area contributed by atoms with E-state index in [4.69, 9.17) is 47.0 Å². The van der Waals surface area contributed by atoms with E-state index in [1.807, 2.05) is 0 Å². The van der Waals surface area contributed by atoms with Crippen LogP contribution >= 0.6 is 0 Å². The van der Waals surface area contributed by atoms with Crippen LogP contribution in [-0.4, -0.2) is 75.8 Å². The molecular formula is C40H39NO16. The number of hydrogen-bond acceptors (Lipinski definition) is 17. The smallest absolute Gasteiger partial charge is 0.493 e. The first-order valence-corrected chi connectivity index (χ1v) is 17.3. The second-order valence-corrected chi connectivity index (χ2v) is 11.6. The number of carbonyl (C=O) groups is 5. The van der Waals surface area contributed by atoms with Gasteiger partial charge >= 0.3 is 35.8 Å². The Balaban J connectivity index is 1.38. The topological polar surface area (TPSA) is 212 Å². The minimum Gasteiger partial charge on any atom is -0.493 e. The van der Waals surface area contributed by atoms with Gasteiger partial charge in [-0.1, -0.05) is 13.2 Å². The summed E-state index contributed by atoms with van der Waals surface area (Å²) in [6.07, 6.45) is 1.88. The lowest BCUT2D eigenvalue weighted by Crippen LogP contribution is -2.14. The van der Waals surface area contributed by atoms with Gasteiger partial charge in [0.25, 0.3) is 0 Å². The van der Waals surface area contributed by atoms with Crippen LogP contribution in [0.1, 0.15) is 41.6 Å². The molecule has 0 aliphatic rings. The van der Waals surface area contributed by atoms with Crippen molar-refractivity contribution in [2.45, 2.75) is 32.6 Å². The van der Waals surface area contributed by atoms with Gasteiger partial charge in [0, 0.05) is 17.7 Å². The van der Waals surface area contributed by atoms with Crippen molar-refractivity contribution in [3.63, 3.8) is 0 Å². The quantitative estimate of drug-likeness (QED) is 0.0249. The summed E-state index contributed by atoms with van der Waals surface area (Å²) in [6.45, 7) is 8.60. The van der Waals surface area contributed by atoms with Gasteiger partial charge in [0.15, 0.2) is 23.0 Å². The summed E-state index contributed by atoms with van der Waals surface area (Å²) < 4.78 is 52.0. The number of rotatable bonds is 19. The molecule has 0 amide bonds. The van der Waals surface area contributed by atoms with E-state index in [0.717, 1.165) is 12.2 Å². The fourth-order valence-corrected chi connectivity index (χ4v) is 4.78. The van der Waals surface area contributed by atoms with E-state index in [0.29, 0.717) is 36.8 Å². The molecule has 0 aliphatic heterocycles. The van der Waals surface area contributed by atoms with Gasteiger partial charge in [-0.3, -0.25) is 0 Å². The number of methoxy groups -OCH3 is 2. The molecule has 0 saturated carbocycles. The van der Waals surface area contributed by atoms with Crippen molar-refractivity contribution in [2.75, 3.05) is 40.6 Å². The van der Waals surface area contributed by atoms with Crippen LogP contribution in [0.4, 0.5) is 9.59 Å². The van der Waals surface area contributed by atoms with E-state index >= 15 is 0 Å². The maximum atomic E-state index is 13.2. The SMILES string of the molecule is C=CC(=O)OCCCCOC(=O)Oc1ccc(C(=O)Oc2cc3c(=O)oc(-c4ccc(OC(=O)OCCCCOC(=O)C=C)c(OC)c4)nc3cc2C)cc1OC. The van der Waals surface area contributed by atoms with Gasteiger partial charge in [-0.05, 0) is 86.7 Å². The third-order valence-corrected chi connectivity index (χ3v) is 7.66. The van der Waals surface area contributed by atoms with Gasteiger partial charge < -0.3 is 47.0 Å². The van der Waals surface area contributed by atoms with Crippen molar-refractivity contribution in [1.29, 1.82) is 0 Å². The Morgan fingerprint density at radius 1 is 0.649 bits per heavy atom. The summed E-state index contributed by atoms with van der Waals surface area (Å²) in [6, 6.07) is 11.2. The third-order valence-electron chi connectivity index (χ3n) is 7.66. The highest BCUT2D eigenvalue weighted by Gasteiger charge is 2.20. The molecule has 0 N–H and O–H groups in total. The van der Waals surface area contributed by atoms with Crippen molar-refractivity contribution in [3.8, 4) is 40.2 Å². The van der Waals surface area contributed by atoms with Crippen LogP contribution in [0.5, 0.6) is 28.7 Å². The molecule has 17 heteroatoms. The zero-order valence-corrected chi connectivity index (χ0v) is 31.3. The molecule has 4 rings (SSSR count). The standard InChI is InChI=1S/C40H39NO16/c1-6-34(42)50-16-8-10-18-52-39(46)55-29-14-12-25(21-32(29)48-4)36-41-28-20-24(3)31(23-27(28)38(45)57-36)54-37(44)26-13-15-30(33(22-26)49-5)56-40(47)53-19-11-9-17-51-35(43)7-2/h6-7,12-15,20-23H,1-2,8-11,16-19H2,3-5H3. The summed E-state index contributed by atoms with van der Waals surface area (Å²) in [7, 11) is 2.67.